The number of halogens is 2. The summed E-state index contributed by atoms with van der Waals surface area (Å²) in [6, 6.07) is 12.5. The van der Waals surface area contributed by atoms with Crippen LogP contribution >= 0.6 is 0 Å². The third-order valence-electron chi connectivity index (χ3n) is 5.91. The Morgan fingerprint density at radius 1 is 0.974 bits per heavy atom. The molecule has 0 saturated heterocycles. The van der Waals surface area contributed by atoms with Gasteiger partial charge in [0.1, 0.15) is 22.7 Å². The number of carbonyl (C=O) groups is 1. The number of allylic oxidation sites excluding steroid dienone is 1. The first-order valence-corrected chi connectivity index (χ1v) is 11.8. The highest BCUT2D eigenvalue weighted by Crippen LogP contribution is 2.31. The summed E-state index contributed by atoms with van der Waals surface area (Å²) in [5.41, 5.74) is 2.19. The van der Waals surface area contributed by atoms with Crippen LogP contribution in [0.3, 0.4) is 0 Å². The van der Waals surface area contributed by atoms with Crippen LogP contribution in [0.5, 0.6) is 11.5 Å². The van der Waals surface area contributed by atoms with E-state index in [1.807, 2.05) is 13.0 Å². The SMILES string of the molecule is C=C(C)c1cnc2c(Oc3ccc(NC(=O)c4cnc(C)n(-c5ccc(F)cc5)c4=O)cc3F)ccnc2c1. The van der Waals surface area contributed by atoms with Crippen molar-refractivity contribution in [1.29, 1.82) is 0 Å². The summed E-state index contributed by atoms with van der Waals surface area (Å²) >= 11 is 0. The van der Waals surface area contributed by atoms with Crippen LogP contribution in [0.4, 0.5) is 14.5 Å². The molecule has 0 aliphatic carbocycles. The zero-order valence-electron chi connectivity index (χ0n) is 20.9. The molecule has 1 N–H and O–H groups in total. The van der Waals surface area contributed by atoms with Crippen molar-refractivity contribution in [1.82, 2.24) is 19.5 Å². The molecule has 3 aromatic heterocycles. The molecule has 2 aromatic carbocycles. The lowest BCUT2D eigenvalue weighted by Gasteiger charge is -2.12. The highest BCUT2D eigenvalue weighted by atomic mass is 19.1. The van der Waals surface area contributed by atoms with Gasteiger partial charge in [0.25, 0.3) is 11.5 Å². The fourth-order valence-electron chi connectivity index (χ4n) is 3.89. The molecule has 5 aromatic rings. The normalized spacial score (nSPS) is 10.9. The van der Waals surface area contributed by atoms with Gasteiger partial charge in [-0.15, -0.1) is 0 Å². The van der Waals surface area contributed by atoms with E-state index in [0.717, 1.165) is 23.4 Å². The van der Waals surface area contributed by atoms with Gasteiger partial charge in [0.15, 0.2) is 17.3 Å². The van der Waals surface area contributed by atoms with E-state index in [1.54, 1.807) is 19.2 Å². The van der Waals surface area contributed by atoms with Crippen molar-refractivity contribution in [3.05, 3.63) is 119 Å². The van der Waals surface area contributed by atoms with E-state index in [4.69, 9.17) is 4.74 Å². The summed E-state index contributed by atoms with van der Waals surface area (Å²) in [4.78, 5) is 38.7. The summed E-state index contributed by atoms with van der Waals surface area (Å²) in [7, 11) is 0. The molecule has 194 valence electrons. The fourth-order valence-corrected chi connectivity index (χ4v) is 3.89. The molecular weight excluding hydrogens is 504 g/mol. The van der Waals surface area contributed by atoms with Gasteiger partial charge in [-0.3, -0.25) is 24.1 Å². The van der Waals surface area contributed by atoms with E-state index >= 15 is 0 Å². The maximum atomic E-state index is 15.0. The standard InChI is InChI=1S/C29H21F2N5O3/c1-16(2)18-12-24-27(34-14-18)26(10-11-32-24)39-25-9-6-20(13-23(25)31)35-28(37)22-15-33-17(3)36(29(22)38)21-7-4-19(30)5-8-21/h4-15H,1H2,2-3H3,(H,35,37). The maximum absolute atomic E-state index is 15.0. The highest BCUT2D eigenvalue weighted by molar-refractivity contribution is 6.03. The van der Waals surface area contributed by atoms with Crippen LogP contribution < -0.4 is 15.6 Å². The Bertz CT molecular complexity index is 1820. The topological polar surface area (TPSA) is 99.0 Å². The second kappa shape index (κ2) is 10.3. The molecule has 1 amide bonds. The maximum Gasteiger partial charge on any atom is 0.270 e. The van der Waals surface area contributed by atoms with Gasteiger partial charge in [-0.25, -0.2) is 13.8 Å². The number of benzene rings is 2. The fraction of sp³-hybridized carbons (Fsp3) is 0.0690. The van der Waals surface area contributed by atoms with E-state index < -0.39 is 23.1 Å². The van der Waals surface area contributed by atoms with Crippen LogP contribution in [0.1, 0.15) is 28.7 Å². The van der Waals surface area contributed by atoms with Crippen molar-refractivity contribution in [2.75, 3.05) is 5.32 Å². The largest absolute Gasteiger partial charge is 0.452 e. The molecule has 8 nitrogen and oxygen atoms in total. The third-order valence-corrected chi connectivity index (χ3v) is 5.91. The average Bonchev–Trinajstić information content (AvgIpc) is 2.91. The quantitative estimate of drug-likeness (QED) is 0.299. The van der Waals surface area contributed by atoms with E-state index in [9.17, 15) is 18.4 Å². The minimum atomic E-state index is -0.783. The smallest absolute Gasteiger partial charge is 0.270 e. The summed E-state index contributed by atoms with van der Waals surface area (Å²) in [5.74, 6) is -1.48. The molecule has 10 heteroatoms. The molecule has 5 rings (SSSR count). The number of rotatable bonds is 6. The highest BCUT2D eigenvalue weighted by Gasteiger charge is 2.18. The summed E-state index contributed by atoms with van der Waals surface area (Å²) in [6.45, 7) is 7.34. The Hall–Kier alpha value is -5.25. The molecule has 0 saturated carbocycles. The Labute approximate surface area is 221 Å². The van der Waals surface area contributed by atoms with Crippen molar-refractivity contribution < 1.29 is 18.3 Å². The number of carbonyl (C=O) groups excluding carboxylic acids is 1. The van der Waals surface area contributed by atoms with Crippen molar-refractivity contribution in [2.45, 2.75) is 13.8 Å². The molecule has 0 aliphatic heterocycles. The first-order valence-electron chi connectivity index (χ1n) is 11.8. The van der Waals surface area contributed by atoms with Crippen molar-refractivity contribution in [3.63, 3.8) is 0 Å². The Morgan fingerprint density at radius 3 is 2.46 bits per heavy atom. The minimum absolute atomic E-state index is 0.0954. The molecule has 3 heterocycles. The van der Waals surface area contributed by atoms with Gasteiger partial charge in [-0.2, -0.15) is 0 Å². The van der Waals surface area contributed by atoms with Crippen molar-refractivity contribution in [2.24, 2.45) is 0 Å². The number of hydrogen-bond acceptors (Lipinski definition) is 6. The van der Waals surface area contributed by atoms with Gasteiger partial charge in [0, 0.05) is 36.4 Å². The number of pyridine rings is 2. The molecule has 0 aliphatic rings. The van der Waals surface area contributed by atoms with Crippen LogP contribution in [0, 0.1) is 18.6 Å². The molecule has 0 spiro atoms. The molecule has 39 heavy (non-hydrogen) atoms. The van der Waals surface area contributed by atoms with Gasteiger partial charge >= 0.3 is 0 Å². The van der Waals surface area contributed by atoms with E-state index in [-0.39, 0.29) is 17.0 Å². The molecule has 0 bridgehead atoms. The lowest BCUT2D eigenvalue weighted by molar-refractivity contribution is 0.102. The molecule has 0 atom stereocenters. The zero-order valence-corrected chi connectivity index (χ0v) is 20.9. The number of aryl methyl sites for hydroxylation is 1. The van der Waals surface area contributed by atoms with Crippen LogP contribution in [-0.2, 0) is 0 Å². The van der Waals surface area contributed by atoms with Crippen LogP contribution in [0.15, 0.2) is 84.6 Å². The van der Waals surface area contributed by atoms with Crippen LogP contribution in [0.25, 0.3) is 22.3 Å². The van der Waals surface area contributed by atoms with Gasteiger partial charge in [0.2, 0.25) is 0 Å². The number of nitrogens with one attached hydrogen (secondary N) is 1. The van der Waals surface area contributed by atoms with Crippen molar-refractivity contribution in [3.8, 4) is 17.2 Å². The predicted molar refractivity (Wildman–Crippen MR) is 143 cm³/mol. The van der Waals surface area contributed by atoms with Crippen LogP contribution in [0.2, 0.25) is 0 Å². The number of anilines is 1. The predicted octanol–water partition coefficient (Wildman–Crippen LogP) is 5.84. The second-order valence-corrected chi connectivity index (χ2v) is 8.72. The molecule has 0 unspecified atom stereocenters. The summed E-state index contributed by atoms with van der Waals surface area (Å²) in [6.07, 6.45) is 4.31. The summed E-state index contributed by atoms with van der Waals surface area (Å²) in [5, 5.41) is 2.51. The average molecular weight is 526 g/mol. The molecular formula is C29H21F2N5O3. The Kier molecular flexibility index (Phi) is 6.68. The van der Waals surface area contributed by atoms with Gasteiger partial charge in [0.05, 0.1) is 11.2 Å². The number of amides is 1. The number of aromatic nitrogens is 4. The Balaban J connectivity index is 1.38. The van der Waals surface area contributed by atoms with E-state index in [2.05, 4.69) is 26.8 Å². The van der Waals surface area contributed by atoms with E-state index in [1.165, 1.54) is 47.2 Å². The third kappa shape index (κ3) is 5.12. The number of fused-ring (bicyclic) bond motifs is 1. The molecule has 0 radical (unpaired) electrons. The van der Waals surface area contributed by atoms with Gasteiger partial charge < -0.3 is 10.1 Å². The van der Waals surface area contributed by atoms with Gasteiger partial charge in [-0.1, -0.05) is 6.58 Å². The zero-order chi connectivity index (χ0) is 27.7. The minimum Gasteiger partial charge on any atom is -0.452 e. The Morgan fingerprint density at radius 2 is 1.74 bits per heavy atom. The van der Waals surface area contributed by atoms with E-state index in [0.29, 0.717) is 28.3 Å². The van der Waals surface area contributed by atoms with Gasteiger partial charge in [-0.05, 0) is 67.4 Å². The first kappa shape index (κ1) is 25.4. The lowest BCUT2D eigenvalue weighted by Crippen LogP contribution is -2.30. The van der Waals surface area contributed by atoms with Crippen molar-refractivity contribution >= 4 is 28.2 Å². The molecule has 0 fully saturated rings. The summed E-state index contributed by atoms with van der Waals surface area (Å²) < 4.78 is 35.3. The number of nitrogens with zero attached hydrogens (tertiary/aromatic N) is 4. The monoisotopic (exact) mass is 525 g/mol. The second-order valence-electron chi connectivity index (χ2n) is 8.72. The first-order chi connectivity index (χ1) is 18.7. The number of hydrogen-bond donors (Lipinski definition) is 1. The van der Waals surface area contributed by atoms with Crippen LogP contribution in [-0.4, -0.2) is 25.4 Å². The lowest BCUT2D eigenvalue weighted by atomic mass is 10.1. The number of ether oxygens (including phenoxy) is 1.